The first-order valence-electron chi connectivity index (χ1n) is 9.07. The first-order valence-corrected chi connectivity index (χ1v) is 9.07. The van der Waals surface area contributed by atoms with Crippen molar-refractivity contribution in [1.82, 2.24) is 0 Å². The molecule has 0 amide bonds. The molecule has 0 saturated heterocycles. The van der Waals surface area contributed by atoms with Crippen molar-refractivity contribution in [3.05, 3.63) is 113 Å². The van der Waals surface area contributed by atoms with Crippen LogP contribution in [0.25, 0.3) is 18.2 Å². The Hall–Kier alpha value is -3.88. The lowest BCUT2D eigenvalue weighted by Crippen LogP contribution is -2.05. The zero-order valence-electron chi connectivity index (χ0n) is 15.7. The van der Waals surface area contributed by atoms with E-state index in [9.17, 15) is 5.26 Å². The van der Waals surface area contributed by atoms with Crippen molar-refractivity contribution in [1.29, 1.82) is 10.5 Å². The van der Waals surface area contributed by atoms with Gasteiger partial charge in [-0.2, -0.15) is 10.5 Å². The minimum Gasteiger partial charge on any atom is -0.197 e. The minimum absolute atomic E-state index is 0.580. The lowest BCUT2D eigenvalue weighted by molar-refractivity contribution is 0.734. The second kappa shape index (κ2) is 8.67. The quantitative estimate of drug-likeness (QED) is 0.599. The SMILES string of the molecule is CC1(C#N)C=CC=CC(/C=C/c2ccc(/C=C/c3ccc(C#N)cc3)cc2)=C1. The van der Waals surface area contributed by atoms with Crippen LogP contribution >= 0.6 is 0 Å². The molecule has 0 aromatic heterocycles. The van der Waals surface area contributed by atoms with Crippen molar-refractivity contribution in [3.63, 3.8) is 0 Å². The van der Waals surface area contributed by atoms with E-state index in [1.807, 2.05) is 79.8 Å². The van der Waals surface area contributed by atoms with Crippen molar-refractivity contribution in [3.8, 4) is 12.1 Å². The summed E-state index contributed by atoms with van der Waals surface area (Å²) in [6.45, 7) is 1.90. The third-order valence-corrected chi connectivity index (χ3v) is 4.46. The van der Waals surface area contributed by atoms with Crippen molar-refractivity contribution >= 4 is 18.2 Å². The molecule has 1 atom stereocenters. The molecule has 2 nitrogen and oxygen atoms in total. The zero-order chi connectivity index (χ0) is 19.8. The molecular weight excluding hydrogens is 340 g/mol. The predicted molar refractivity (Wildman–Crippen MR) is 116 cm³/mol. The van der Waals surface area contributed by atoms with Gasteiger partial charge in [0, 0.05) is 0 Å². The van der Waals surface area contributed by atoms with Crippen LogP contribution in [-0.2, 0) is 0 Å². The van der Waals surface area contributed by atoms with Gasteiger partial charge in [-0.15, -0.1) is 0 Å². The summed E-state index contributed by atoms with van der Waals surface area (Å²) in [6.07, 6.45) is 17.9. The summed E-state index contributed by atoms with van der Waals surface area (Å²) >= 11 is 0. The standard InChI is InChI=1S/C26H20N2/c1-26(20-28)17-3-2-4-24(18-26)14-11-22-8-5-21(6-9-22)7-10-23-12-15-25(19-27)16-13-23/h2-18H,1H3/b10-7+,14-11+. The first-order chi connectivity index (χ1) is 13.6. The number of hydrogen-bond acceptors (Lipinski definition) is 2. The van der Waals surface area contributed by atoms with E-state index in [-0.39, 0.29) is 0 Å². The van der Waals surface area contributed by atoms with Gasteiger partial charge in [0.15, 0.2) is 0 Å². The molecule has 1 unspecified atom stereocenters. The summed E-state index contributed by atoms with van der Waals surface area (Å²) in [5, 5.41) is 18.2. The molecule has 28 heavy (non-hydrogen) atoms. The number of benzene rings is 2. The molecule has 0 saturated carbocycles. The highest BCUT2D eigenvalue weighted by atomic mass is 14.3. The monoisotopic (exact) mass is 360 g/mol. The molecule has 134 valence electrons. The Balaban J connectivity index is 1.69. The Morgan fingerprint density at radius 3 is 1.82 bits per heavy atom. The number of hydrogen-bond donors (Lipinski definition) is 0. The van der Waals surface area contributed by atoms with Gasteiger partial charge in [0.05, 0.1) is 23.1 Å². The number of rotatable bonds is 4. The van der Waals surface area contributed by atoms with Gasteiger partial charge in [-0.1, -0.05) is 91.1 Å². The molecule has 2 aromatic rings. The van der Waals surface area contributed by atoms with E-state index in [2.05, 4.69) is 42.5 Å². The van der Waals surface area contributed by atoms with E-state index in [4.69, 9.17) is 5.26 Å². The molecule has 2 aromatic carbocycles. The normalized spacial score (nSPS) is 18.6. The molecule has 0 bridgehead atoms. The minimum atomic E-state index is -0.580. The fourth-order valence-corrected chi connectivity index (χ4v) is 2.81. The maximum Gasteiger partial charge on any atom is 0.0991 e. The number of nitriles is 2. The van der Waals surface area contributed by atoms with E-state index in [1.165, 1.54) is 0 Å². The molecule has 0 heterocycles. The van der Waals surface area contributed by atoms with E-state index in [0.717, 1.165) is 22.3 Å². The van der Waals surface area contributed by atoms with Gasteiger partial charge < -0.3 is 0 Å². The maximum atomic E-state index is 9.35. The average Bonchev–Trinajstić information content (AvgIpc) is 2.93. The molecule has 1 aliphatic carbocycles. The van der Waals surface area contributed by atoms with Crippen LogP contribution in [0.3, 0.4) is 0 Å². The fraction of sp³-hybridized carbons (Fsp3) is 0.0769. The Labute approximate surface area is 166 Å². The molecule has 0 fully saturated rings. The van der Waals surface area contributed by atoms with Gasteiger partial charge in [-0.05, 0) is 41.3 Å². The van der Waals surface area contributed by atoms with Gasteiger partial charge in [0.2, 0.25) is 0 Å². The zero-order valence-corrected chi connectivity index (χ0v) is 15.7. The Kier molecular flexibility index (Phi) is 5.85. The second-order valence-corrected chi connectivity index (χ2v) is 6.82. The lowest BCUT2D eigenvalue weighted by Gasteiger charge is -2.10. The molecule has 2 heteroatoms. The Bertz CT molecular complexity index is 1060. The van der Waals surface area contributed by atoms with Crippen molar-refractivity contribution in [2.24, 2.45) is 5.41 Å². The predicted octanol–water partition coefficient (Wildman–Crippen LogP) is 6.32. The number of allylic oxidation sites excluding steroid dienone is 7. The molecular formula is C26H20N2. The first kappa shape index (κ1) is 18.9. The fourth-order valence-electron chi connectivity index (χ4n) is 2.81. The van der Waals surface area contributed by atoms with E-state index < -0.39 is 5.41 Å². The molecule has 1 aliphatic rings. The smallest absolute Gasteiger partial charge is 0.0991 e. The van der Waals surface area contributed by atoms with E-state index >= 15 is 0 Å². The summed E-state index contributed by atoms with van der Waals surface area (Å²) in [5.74, 6) is 0. The highest BCUT2D eigenvalue weighted by Gasteiger charge is 2.17. The van der Waals surface area contributed by atoms with Crippen LogP contribution in [0, 0.1) is 28.1 Å². The third kappa shape index (κ3) is 5.07. The Morgan fingerprint density at radius 2 is 1.29 bits per heavy atom. The van der Waals surface area contributed by atoms with Crippen LogP contribution in [0.15, 0.2) is 90.6 Å². The van der Waals surface area contributed by atoms with Crippen LogP contribution in [0.2, 0.25) is 0 Å². The Morgan fingerprint density at radius 1 is 0.750 bits per heavy atom. The summed E-state index contributed by atoms with van der Waals surface area (Å²) in [6, 6.07) is 20.2. The van der Waals surface area contributed by atoms with Gasteiger partial charge in [-0.3, -0.25) is 0 Å². The van der Waals surface area contributed by atoms with Crippen LogP contribution in [-0.4, -0.2) is 0 Å². The van der Waals surface area contributed by atoms with Crippen molar-refractivity contribution in [2.45, 2.75) is 6.92 Å². The van der Waals surface area contributed by atoms with E-state index in [1.54, 1.807) is 0 Å². The highest BCUT2D eigenvalue weighted by molar-refractivity contribution is 5.70. The molecule has 0 spiro atoms. The van der Waals surface area contributed by atoms with Crippen LogP contribution < -0.4 is 0 Å². The number of nitrogens with zero attached hydrogens (tertiary/aromatic N) is 2. The van der Waals surface area contributed by atoms with Crippen molar-refractivity contribution in [2.75, 3.05) is 0 Å². The molecule has 3 rings (SSSR count). The summed E-state index contributed by atoms with van der Waals surface area (Å²) in [5.41, 5.74) is 4.36. The molecule has 0 radical (unpaired) electrons. The van der Waals surface area contributed by atoms with Crippen LogP contribution in [0.4, 0.5) is 0 Å². The van der Waals surface area contributed by atoms with Crippen molar-refractivity contribution < 1.29 is 0 Å². The van der Waals surface area contributed by atoms with Gasteiger partial charge >= 0.3 is 0 Å². The molecule has 0 aliphatic heterocycles. The topological polar surface area (TPSA) is 47.6 Å². The summed E-state index contributed by atoms with van der Waals surface area (Å²) in [4.78, 5) is 0. The highest BCUT2D eigenvalue weighted by Crippen LogP contribution is 2.25. The molecule has 0 N–H and O–H groups in total. The van der Waals surface area contributed by atoms with Crippen LogP contribution in [0.5, 0.6) is 0 Å². The largest absolute Gasteiger partial charge is 0.197 e. The average molecular weight is 360 g/mol. The summed E-state index contributed by atoms with van der Waals surface area (Å²) in [7, 11) is 0. The summed E-state index contributed by atoms with van der Waals surface area (Å²) < 4.78 is 0. The van der Waals surface area contributed by atoms with Crippen LogP contribution in [0.1, 0.15) is 29.2 Å². The lowest BCUT2D eigenvalue weighted by atomic mass is 9.90. The second-order valence-electron chi connectivity index (χ2n) is 6.82. The van der Waals surface area contributed by atoms with Gasteiger partial charge in [-0.25, -0.2) is 0 Å². The van der Waals surface area contributed by atoms with Gasteiger partial charge in [0.25, 0.3) is 0 Å². The third-order valence-electron chi connectivity index (χ3n) is 4.46. The maximum absolute atomic E-state index is 9.35. The van der Waals surface area contributed by atoms with Gasteiger partial charge in [0.1, 0.15) is 0 Å². The van der Waals surface area contributed by atoms with E-state index in [0.29, 0.717) is 5.56 Å².